The molecule has 15 heteroatoms. The highest BCUT2D eigenvalue weighted by Gasteiger charge is 2.41. The molecule has 1 aromatic heterocycles. The Kier molecular flexibility index (Phi) is 10.3. The van der Waals surface area contributed by atoms with Crippen LogP contribution in [-0.4, -0.2) is 92.2 Å². The molecule has 1 fully saturated rings. The summed E-state index contributed by atoms with van der Waals surface area (Å²) in [5.41, 5.74) is -0.746. The molecule has 15 nitrogen and oxygen atoms in total. The molecule has 1 aliphatic rings. The van der Waals surface area contributed by atoms with E-state index in [1.807, 2.05) is 6.92 Å². The van der Waals surface area contributed by atoms with Gasteiger partial charge in [-0.1, -0.05) is 25.5 Å². The highest BCUT2D eigenvalue weighted by molar-refractivity contribution is 5.92. The van der Waals surface area contributed by atoms with E-state index in [9.17, 15) is 24.0 Å². The van der Waals surface area contributed by atoms with E-state index in [4.69, 9.17) is 9.47 Å². The second-order valence-electron chi connectivity index (χ2n) is 9.80. The van der Waals surface area contributed by atoms with Crippen LogP contribution >= 0.6 is 0 Å². The molecule has 2 rings (SSSR count). The van der Waals surface area contributed by atoms with E-state index in [1.165, 1.54) is 11.8 Å². The number of carbonyl (C=O) groups excluding carboxylic acids is 5. The van der Waals surface area contributed by atoms with Crippen molar-refractivity contribution in [2.75, 3.05) is 13.1 Å². The lowest BCUT2D eigenvalue weighted by atomic mass is 9.98. The van der Waals surface area contributed by atoms with Crippen LogP contribution in [0.4, 0.5) is 4.79 Å². The van der Waals surface area contributed by atoms with Crippen molar-refractivity contribution in [1.82, 2.24) is 41.5 Å². The van der Waals surface area contributed by atoms with Crippen LogP contribution in [0.5, 0.6) is 0 Å². The number of aromatic nitrogens is 4. The SMILES string of the molecule is CC[C@H](C)[C@H](NC(=O)OC(C)(C)C)C(=O)NCC(=O)N1C[C@H](OC(C)=O)C[C@H]1C(=O)NCc1nn[nH]n1. The predicted molar refractivity (Wildman–Crippen MR) is 127 cm³/mol. The van der Waals surface area contributed by atoms with Crippen LogP contribution < -0.4 is 16.0 Å². The van der Waals surface area contributed by atoms with Gasteiger partial charge in [-0.2, -0.15) is 5.21 Å². The number of hydrogen-bond donors (Lipinski definition) is 4. The van der Waals surface area contributed by atoms with Crippen LogP contribution in [-0.2, 0) is 35.2 Å². The highest BCUT2D eigenvalue weighted by atomic mass is 16.6. The minimum Gasteiger partial charge on any atom is -0.461 e. The number of hydrogen-bond acceptors (Lipinski definition) is 10. The smallest absolute Gasteiger partial charge is 0.408 e. The third-order valence-corrected chi connectivity index (χ3v) is 5.61. The molecule has 4 atom stereocenters. The quantitative estimate of drug-likeness (QED) is 0.287. The number of aromatic amines is 1. The molecule has 0 aliphatic carbocycles. The highest BCUT2D eigenvalue weighted by Crippen LogP contribution is 2.21. The minimum absolute atomic E-state index is 0.0144. The first kappa shape index (κ1) is 29.5. The summed E-state index contributed by atoms with van der Waals surface area (Å²) in [5.74, 6) is -2.15. The van der Waals surface area contributed by atoms with Gasteiger partial charge in [-0.05, 0) is 26.7 Å². The number of alkyl carbamates (subject to hydrolysis) is 1. The summed E-state index contributed by atoms with van der Waals surface area (Å²) in [6.45, 7) is 9.55. The molecule has 0 saturated carbocycles. The van der Waals surface area contributed by atoms with Crippen LogP contribution in [0, 0.1) is 5.92 Å². The van der Waals surface area contributed by atoms with E-state index in [0.717, 1.165) is 0 Å². The number of nitrogens with zero attached hydrogens (tertiary/aromatic N) is 4. The molecule has 1 aromatic rings. The van der Waals surface area contributed by atoms with E-state index < -0.39 is 60.1 Å². The van der Waals surface area contributed by atoms with Gasteiger partial charge >= 0.3 is 12.1 Å². The van der Waals surface area contributed by atoms with Gasteiger partial charge in [-0.3, -0.25) is 19.2 Å². The maximum absolute atomic E-state index is 13.0. The average molecular weight is 525 g/mol. The summed E-state index contributed by atoms with van der Waals surface area (Å²) in [4.78, 5) is 63.7. The van der Waals surface area contributed by atoms with Crippen LogP contribution in [0.1, 0.15) is 60.2 Å². The number of H-pyrrole nitrogens is 1. The lowest BCUT2D eigenvalue weighted by molar-refractivity contribution is -0.146. The van der Waals surface area contributed by atoms with Gasteiger partial charge in [0.2, 0.25) is 17.7 Å². The number of carbonyl (C=O) groups is 5. The van der Waals surface area contributed by atoms with Gasteiger partial charge in [-0.15, -0.1) is 10.2 Å². The fourth-order valence-electron chi connectivity index (χ4n) is 3.69. The third kappa shape index (κ3) is 9.31. The Balaban J connectivity index is 2.04. The second-order valence-corrected chi connectivity index (χ2v) is 9.80. The molecule has 0 radical (unpaired) electrons. The summed E-state index contributed by atoms with van der Waals surface area (Å²) in [7, 11) is 0. The molecule has 1 saturated heterocycles. The lowest BCUT2D eigenvalue weighted by Gasteiger charge is -2.27. The Morgan fingerprint density at radius 1 is 1.19 bits per heavy atom. The van der Waals surface area contributed by atoms with Crippen LogP contribution in [0.2, 0.25) is 0 Å². The van der Waals surface area contributed by atoms with E-state index in [-0.39, 0.29) is 31.3 Å². The topological polar surface area (TPSA) is 198 Å². The van der Waals surface area contributed by atoms with E-state index in [2.05, 4.69) is 36.6 Å². The Hall–Kier alpha value is -3.78. The maximum Gasteiger partial charge on any atom is 0.408 e. The van der Waals surface area contributed by atoms with Gasteiger partial charge in [0.15, 0.2) is 5.82 Å². The first-order valence-electron chi connectivity index (χ1n) is 12.0. The zero-order valence-corrected chi connectivity index (χ0v) is 22.0. The Labute approximate surface area is 214 Å². The standard InChI is InChI=1S/C22H36N8O7/c1-7-12(2)18(25-21(35)37-22(4,5)6)20(34)24-10-17(32)30-11-14(36-13(3)31)8-15(30)19(33)23-9-16-26-28-29-27-16/h12,14-15,18H,7-11H2,1-6H3,(H,23,33)(H,24,34)(H,25,35)(H,26,27,28,29)/t12-,14+,15-,18-/m0/s1. The summed E-state index contributed by atoms with van der Waals surface area (Å²) in [5, 5.41) is 20.9. The number of esters is 1. The molecule has 2 heterocycles. The lowest BCUT2D eigenvalue weighted by Crippen LogP contribution is -2.54. The van der Waals surface area contributed by atoms with Gasteiger partial charge in [0, 0.05) is 13.3 Å². The summed E-state index contributed by atoms with van der Waals surface area (Å²) < 4.78 is 10.5. The summed E-state index contributed by atoms with van der Waals surface area (Å²) in [6, 6.07) is -1.88. The Morgan fingerprint density at radius 3 is 2.46 bits per heavy atom. The molecule has 1 aliphatic heterocycles. The van der Waals surface area contributed by atoms with Crippen molar-refractivity contribution in [3.63, 3.8) is 0 Å². The largest absolute Gasteiger partial charge is 0.461 e. The normalized spacial score (nSPS) is 18.9. The third-order valence-electron chi connectivity index (χ3n) is 5.61. The van der Waals surface area contributed by atoms with Crippen molar-refractivity contribution in [3.05, 3.63) is 5.82 Å². The van der Waals surface area contributed by atoms with Crippen molar-refractivity contribution >= 4 is 29.8 Å². The monoisotopic (exact) mass is 524 g/mol. The Bertz CT molecular complexity index is 963. The number of likely N-dealkylation sites (tertiary alicyclic amines) is 1. The Morgan fingerprint density at radius 2 is 1.89 bits per heavy atom. The second kappa shape index (κ2) is 13.0. The first-order valence-corrected chi connectivity index (χ1v) is 12.0. The van der Waals surface area contributed by atoms with Crippen molar-refractivity contribution in [2.24, 2.45) is 5.92 Å². The number of amides is 4. The van der Waals surface area contributed by atoms with Crippen molar-refractivity contribution in [2.45, 2.75) is 84.7 Å². The molecule has 4 amide bonds. The molecule has 0 spiro atoms. The number of ether oxygens (including phenoxy) is 2. The number of tetrazole rings is 1. The molecule has 206 valence electrons. The number of nitrogens with one attached hydrogen (secondary N) is 4. The van der Waals surface area contributed by atoms with E-state index in [0.29, 0.717) is 6.42 Å². The molecule has 0 aromatic carbocycles. The van der Waals surface area contributed by atoms with Crippen LogP contribution in [0.25, 0.3) is 0 Å². The van der Waals surface area contributed by atoms with Gasteiger partial charge < -0.3 is 30.3 Å². The van der Waals surface area contributed by atoms with Gasteiger partial charge in [-0.25, -0.2) is 4.79 Å². The first-order chi connectivity index (χ1) is 17.3. The molecule has 0 unspecified atom stereocenters. The fourth-order valence-corrected chi connectivity index (χ4v) is 3.69. The van der Waals surface area contributed by atoms with Crippen molar-refractivity contribution < 1.29 is 33.4 Å². The fraction of sp³-hybridized carbons (Fsp3) is 0.727. The van der Waals surface area contributed by atoms with Crippen LogP contribution in [0.3, 0.4) is 0 Å². The molecular formula is C22H36N8O7. The minimum atomic E-state index is -0.939. The van der Waals surface area contributed by atoms with Gasteiger partial charge in [0.05, 0.1) is 19.6 Å². The molecule has 37 heavy (non-hydrogen) atoms. The molecule has 0 bridgehead atoms. The van der Waals surface area contributed by atoms with Crippen molar-refractivity contribution in [1.29, 1.82) is 0 Å². The number of rotatable bonds is 10. The van der Waals surface area contributed by atoms with Crippen LogP contribution in [0.15, 0.2) is 0 Å². The predicted octanol–water partition coefficient (Wildman–Crippen LogP) is -0.596. The molecule has 4 N–H and O–H groups in total. The van der Waals surface area contributed by atoms with Crippen molar-refractivity contribution in [3.8, 4) is 0 Å². The summed E-state index contributed by atoms with van der Waals surface area (Å²) >= 11 is 0. The maximum atomic E-state index is 13.0. The average Bonchev–Trinajstić information content (AvgIpc) is 3.47. The summed E-state index contributed by atoms with van der Waals surface area (Å²) in [6.07, 6.45) is -0.755. The van der Waals surface area contributed by atoms with E-state index in [1.54, 1.807) is 27.7 Å². The molecular weight excluding hydrogens is 488 g/mol. The van der Waals surface area contributed by atoms with Gasteiger partial charge in [0.25, 0.3) is 0 Å². The van der Waals surface area contributed by atoms with Gasteiger partial charge in [0.1, 0.15) is 23.8 Å². The zero-order valence-electron chi connectivity index (χ0n) is 22.0. The van der Waals surface area contributed by atoms with E-state index >= 15 is 0 Å². The zero-order chi connectivity index (χ0) is 27.8.